The Morgan fingerprint density at radius 1 is 1.10 bits per heavy atom. The van der Waals surface area contributed by atoms with Gasteiger partial charge >= 0.3 is 0 Å². The number of allylic oxidation sites excluding steroid dienone is 4. The summed E-state index contributed by atoms with van der Waals surface area (Å²) in [4.78, 5) is 56.0. The van der Waals surface area contributed by atoms with Gasteiger partial charge in [0.1, 0.15) is 34.0 Å². The second kappa shape index (κ2) is 9.30. The molecular formula is C29H27N3O7S. The molecule has 1 atom stereocenters. The van der Waals surface area contributed by atoms with Crippen molar-refractivity contribution in [2.75, 3.05) is 10.6 Å². The van der Waals surface area contributed by atoms with E-state index >= 15 is 0 Å². The van der Waals surface area contributed by atoms with Crippen LogP contribution in [0.4, 0.5) is 10.8 Å². The molecule has 2 heterocycles. The van der Waals surface area contributed by atoms with E-state index in [1.54, 1.807) is 39.0 Å². The molecule has 11 heteroatoms. The Kier molecular flexibility index (Phi) is 6.30. The number of Topliss-reactive ketones (excluding diaryl/α,β-unsaturated/α-hetero) is 2. The van der Waals surface area contributed by atoms with E-state index in [9.17, 15) is 29.4 Å². The van der Waals surface area contributed by atoms with Gasteiger partial charge < -0.3 is 25.6 Å². The summed E-state index contributed by atoms with van der Waals surface area (Å²) in [6, 6.07) is 5.30. The van der Waals surface area contributed by atoms with Gasteiger partial charge in [0.15, 0.2) is 22.5 Å². The van der Waals surface area contributed by atoms with Crippen LogP contribution in [0.15, 0.2) is 41.3 Å². The lowest BCUT2D eigenvalue weighted by Gasteiger charge is -2.29. The third-order valence-corrected chi connectivity index (χ3v) is 8.17. The molecule has 0 spiro atoms. The quantitative estimate of drug-likeness (QED) is 0.194. The number of aromatic nitrogens is 1. The molecule has 5 rings (SSSR count). The number of rotatable bonds is 5. The lowest BCUT2D eigenvalue weighted by atomic mass is 9.70. The molecular weight excluding hydrogens is 534 g/mol. The molecule has 4 N–H and O–H groups in total. The first-order chi connectivity index (χ1) is 18.7. The number of aromatic hydroxyl groups is 2. The van der Waals surface area contributed by atoms with Crippen LogP contribution < -0.4 is 15.4 Å². The predicted molar refractivity (Wildman–Crippen MR) is 150 cm³/mol. The lowest BCUT2D eigenvalue weighted by Crippen LogP contribution is -2.40. The smallest absolute Gasteiger partial charge is 0.228 e. The standard InChI is InChI=1S/C29H27N3O7S/c1-11(2)27(38)32-28-31-16-8-7-15(9-18(16)40-28)30-13(4)20-17(34)10-19-29(6,26(20)37)22-24(36)12(3)23(35)21(14(5)33)25(22)39-19/h7-11,30,35-36H,1-6H3,(H,31,32,38). The van der Waals surface area contributed by atoms with Crippen LogP contribution >= 0.6 is 11.3 Å². The van der Waals surface area contributed by atoms with Gasteiger partial charge in [0, 0.05) is 28.9 Å². The highest BCUT2D eigenvalue weighted by molar-refractivity contribution is 7.22. The minimum absolute atomic E-state index is 0.0288. The monoisotopic (exact) mass is 561 g/mol. The second-order valence-electron chi connectivity index (χ2n) is 10.4. The van der Waals surface area contributed by atoms with Crippen molar-refractivity contribution in [1.29, 1.82) is 0 Å². The lowest BCUT2D eigenvalue weighted by molar-refractivity contribution is -0.123. The first kappa shape index (κ1) is 27.1. The Morgan fingerprint density at radius 3 is 2.45 bits per heavy atom. The van der Waals surface area contributed by atoms with Crippen LogP contribution in [-0.4, -0.2) is 38.5 Å². The maximum atomic E-state index is 14.0. The molecule has 1 aliphatic carbocycles. The highest BCUT2D eigenvalue weighted by Gasteiger charge is 2.56. The first-order valence-electron chi connectivity index (χ1n) is 12.5. The van der Waals surface area contributed by atoms with Gasteiger partial charge in [-0.2, -0.15) is 0 Å². The highest BCUT2D eigenvalue weighted by atomic mass is 32.1. The van der Waals surface area contributed by atoms with Crippen molar-refractivity contribution in [3.63, 3.8) is 0 Å². The Hall–Kier alpha value is -4.51. The van der Waals surface area contributed by atoms with E-state index in [1.807, 2.05) is 0 Å². The number of nitrogens with one attached hydrogen (secondary N) is 2. The van der Waals surface area contributed by atoms with Crippen molar-refractivity contribution < 1.29 is 34.1 Å². The van der Waals surface area contributed by atoms with Gasteiger partial charge in [-0.3, -0.25) is 19.2 Å². The average molecular weight is 562 g/mol. The van der Waals surface area contributed by atoms with Crippen molar-refractivity contribution in [3.8, 4) is 17.2 Å². The van der Waals surface area contributed by atoms with Crippen molar-refractivity contribution in [3.05, 3.63) is 58.0 Å². The zero-order chi connectivity index (χ0) is 29.3. The molecule has 3 aromatic rings. The summed E-state index contributed by atoms with van der Waals surface area (Å²) in [6.07, 6.45) is 1.17. The minimum atomic E-state index is -1.60. The van der Waals surface area contributed by atoms with E-state index < -0.39 is 28.5 Å². The van der Waals surface area contributed by atoms with E-state index in [1.165, 1.54) is 38.2 Å². The van der Waals surface area contributed by atoms with E-state index in [2.05, 4.69) is 15.6 Å². The summed E-state index contributed by atoms with van der Waals surface area (Å²) >= 11 is 1.30. The van der Waals surface area contributed by atoms with E-state index in [0.29, 0.717) is 16.3 Å². The summed E-state index contributed by atoms with van der Waals surface area (Å²) in [7, 11) is 0. The number of nitrogens with zero attached hydrogens (tertiary/aromatic N) is 1. The Bertz CT molecular complexity index is 1750. The normalized spacial score (nSPS) is 19.2. The third kappa shape index (κ3) is 3.96. The van der Waals surface area contributed by atoms with Gasteiger partial charge in [-0.25, -0.2) is 4.98 Å². The molecule has 0 fully saturated rings. The number of hydrogen-bond donors (Lipinski definition) is 4. The van der Waals surface area contributed by atoms with E-state index in [4.69, 9.17) is 4.74 Å². The van der Waals surface area contributed by atoms with Gasteiger partial charge in [0.05, 0.1) is 21.4 Å². The number of hydrogen-bond acceptors (Lipinski definition) is 10. The number of phenolic OH excluding ortho intramolecular Hbond substituents is 2. The van der Waals surface area contributed by atoms with Crippen LogP contribution in [0.3, 0.4) is 0 Å². The van der Waals surface area contributed by atoms with Gasteiger partial charge in [0.2, 0.25) is 5.91 Å². The van der Waals surface area contributed by atoms with Crippen LogP contribution in [0.1, 0.15) is 56.1 Å². The van der Waals surface area contributed by atoms with Crippen LogP contribution in [0.5, 0.6) is 17.2 Å². The summed E-state index contributed by atoms with van der Waals surface area (Å²) < 4.78 is 6.59. The first-order valence-corrected chi connectivity index (χ1v) is 13.4. The molecule has 0 saturated heterocycles. The van der Waals surface area contributed by atoms with Gasteiger partial charge in [-0.05, 0) is 45.9 Å². The summed E-state index contributed by atoms with van der Waals surface area (Å²) in [5.74, 6) is -3.05. The second-order valence-corrected chi connectivity index (χ2v) is 11.4. The molecule has 1 unspecified atom stereocenters. The number of ether oxygens (including phenoxy) is 1. The fraction of sp³-hybridized carbons (Fsp3) is 0.276. The molecule has 1 aromatic heterocycles. The van der Waals surface area contributed by atoms with Crippen molar-refractivity contribution in [1.82, 2.24) is 4.98 Å². The number of anilines is 2. The summed E-state index contributed by atoms with van der Waals surface area (Å²) in [5, 5.41) is 27.9. The van der Waals surface area contributed by atoms with Crippen LogP contribution in [-0.2, 0) is 19.8 Å². The number of thiazole rings is 1. The molecule has 206 valence electrons. The fourth-order valence-corrected chi connectivity index (χ4v) is 5.86. The number of benzene rings is 2. The zero-order valence-corrected chi connectivity index (χ0v) is 23.5. The summed E-state index contributed by atoms with van der Waals surface area (Å²) in [6.45, 7) is 9.36. The minimum Gasteiger partial charge on any atom is -0.507 e. The number of fused-ring (bicyclic) bond motifs is 4. The summed E-state index contributed by atoms with van der Waals surface area (Å²) in [5.41, 5.74) is -0.283. The molecule has 1 aliphatic heterocycles. The largest absolute Gasteiger partial charge is 0.507 e. The molecule has 0 radical (unpaired) electrons. The van der Waals surface area contributed by atoms with Crippen molar-refractivity contribution >= 4 is 55.6 Å². The Morgan fingerprint density at radius 2 is 1.80 bits per heavy atom. The maximum Gasteiger partial charge on any atom is 0.228 e. The zero-order valence-electron chi connectivity index (χ0n) is 22.7. The SMILES string of the molecule is CC(=O)c1c(O)c(C)c(O)c2c1OC1=CC(=O)C(=C(C)Nc3ccc4nc(NC(=O)C(C)C)sc4c3)C(=O)C12C. The van der Waals surface area contributed by atoms with Gasteiger partial charge in [-0.1, -0.05) is 25.2 Å². The third-order valence-electron chi connectivity index (χ3n) is 7.23. The molecule has 0 bridgehead atoms. The van der Waals surface area contributed by atoms with Crippen LogP contribution in [0.2, 0.25) is 0 Å². The molecule has 2 aromatic carbocycles. The average Bonchev–Trinajstić information content (AvgIpc) is 3.40. The molecule has 0 saturated carbocycles. The van der Waals surface area contributed by atoms with E-state index in [0.717, 1.165) is 4.70 Å². The van der Waals surface area contributed by atoms with Crippen LogP contribution in [0, 0.1) is 12.8 Å². The fourth-order valence-electron chi connectivity index (χ4n) is 4.95. The molecule has 10 nitrogen and oxygen atoms in total. The van der Waals surface area contributed by atoms with Crippen LogP contribution in [0.25, 0.3) is 10.2 Å². The Labute approximate surface area is 233 Å². The Balaban J connectivity index is 1.54. The van der Waals surface area contributed by atoms with Gasteiger partial charge in [0.25, 0.3) is 0 Å². The van der Waals surface area contributed by atoms with E-state index in [-0.39, 0.29) is 57.0 Å². The number of ketones is 3. The number of carbonyl (C=O) groups is 4. The predicted octanol–water partition coefficient (Wildman–Crippen LogP) is 4.88. The maximum absolute atomic E-state index is 14.0. The molecule has 2 aliphatic rings. The molecule has 1 amide bonds. The van der Waals surface area contributed by atoms with Crippen molar-refractivity contribution in [2.45, 2.75) is 47.0 Å². The highest BCUT2D eigenvalue weighted by Crippen LogP contribution is 2.57. The number of phenols is 2. The number of carbonyl (C=O) groups excluding carboxylic acids is 4. The van der Waals surface area contributed by atoms with Crippen molar-refractivity contribution in [2.24, 2.45) is 5.92 Å². The molecule has 40 heavy (non-hydrogen) atoms. The topological polar surface area (TPSA) is 155 Å². The van der Waals surface area contributed by atoms with Gasteiger partial charge in [-0.15, -0.1) is 0 Å². The number of amides is 1.